The van der Waals surface area contributed by atoms with Crippen LogP contribution in [0.4, 0.5) is 0 Å². The number of ketones is 1. The number of carbonyl (C=O) groups is 1. The van der Waals surface area contributed by atoms with Crippen LogP contribution < -0.4 is 0 Å². The second-order valence-corrected chi connectivity index (χ2v) is 5.29. The lowest BCUT2D eigenvalue weighted by molar-refractivity contribution is 0.100. The molecule has 0 N–H and O–H groups in total. The zero-order valence-corrected chi connectivity index (χ0v) is 10.4. The molecule has 0 saturated heterocycles. The summed E-state index contributed by atoms with van der Waals surface area (Å²) < 4.78 is 1.93. The number of nitrogens with zero attached hydrogens (tertiary/aromatic N) is 2. The van der Waals surface area contributed by atoms with E-state index in [1.165, 1.54) is 0 Å². The molecule has 1 rings (SSSR count). The summed E-state index contributed by atoms with van der Waals surface area (Å²) in [6.45, 7) is 7.15. The zero-order chi connectivity index (χ0) is 11.3. The molecule has 0 bridgehead atoms. The van der Waals surface area contributed by atoms with Crippen LogP contribution in [0, 0.1) is 0 Å². The summed E-state index contributed by atoms with van der Waals surface area (Å²) in [6, 6.07) is 0. The minimum absolute atomic E-state index is 0.132. The summed E-state index contributed by atoms with van der Waals surface area (Å²) in [5.41, 5.74) is 0. The minimum atomic E-state index is 0.132. The lowest BCUT2D eigenvalue weighted by Crippen LogP contribution is -2.13. The van der Waals surface area contributed by atoms with E-state index in [0.29, 0.717) is 16.8 Å². The van der Waals surface area contributed by atoms with Gasteiger partial charge in [-0.1, -0.05) is 20.8 Å². The molecule has 15 heavy (non-hydrogen) atoms. The Morgan fingerprint density at radius 1 is 1.60 bits per heavy atom. The number of rotatable bonds is 6. The van der Waals surface area contributed by atoms with Crippen LogP contribution in [-0.2, 0) is 6.54 Å². The highest BCUT2D eigenvalue weighted by atomic mass is 32.2. The Labute approximate surface area is 95.3 Å². The number of Topliss-reactive ketones (excluding diaryl/α,β-unsaturated/α-hetero) is 1. The van der Waals surface area contributed by atoms with Gasteiger partial charge >= 0.3 is 0 Å². The molecule has 1 aromatic rings. The molecule has 0 aliphatic rings. The normalized spacial score (nSPS) is 10.9. The van der Waals surface area contributed by atoms with Gasteiger partial charge in [-0.25, -0.2) is 4.98 Å². The number of imidazole rings is 1. The maximum atomic E-state index is 11.8. The van der Waals surface area contributed by atoms with Gasteiger partial charge in [0.1, 0.15) is 0 Å². The predicted octanol–water partition coefficient (Wildman–Crippen LogP) is 2.62. The Hall–Kier alpha value is -0.770. The van der Waals surface area contributed by atoms with Gasteiger partial charge in [-0.15, -0.1) is 0 Å². The summed E-state index contributed by atoms with van der Waals surface area (Å²) in [7, 11) is 0. The molecule has 0 spiro atoms. The van der Waals surface area contributed by atoms with Crippen molar-refractivity contribution in [2.75, 3.05) is 5.75 Å². The molecule has 0 aliphatic heterocycles. The molecule has 0 aromatic carbocycles. The van der Waals surface area contributed by atoms with Crippen LogP contribution in [0.15, 0.2) is 12.4 Å². The molecule has 0 amide bonds. The van der Waals surface area contributed by atoms with Crippen LogP contribution in [0.3, 0.4) is 0 Å². The van der Waals surface area contributed by atoms with E-state index in [9.17, 15) is 4.79 Å². The monoisotopic (exact) mass is 226 g/mol. The van der Waals surface area contributed by atoms with Gasteiger partial charge in [0, 0.05) is 18.9 Å². The van der Waals surface area contributed by atoms with Gasteiger partial charge in [0.2, 0.25) is 5.78 Å². The SMILES string of the molecule is CCCn1ccnc1C(=O)CSC(C)C. The Morgan fingerprint density at radius 3 is 2.93 bits per heavy atom. The molecule has 0 unspecified atom stereocenters. The summed E-state index contributed by atoms with van der Waals surface area (Å²) >= 11 is 1.66. The quantitative estimate of drug-likeness (QED) is 0.699. The molecule has 0 aliphatic carbocycles. The van der Waals surface area contributed by atoms with Gasteiger partial charge in [-0.2, -0.15) is 11.8 Å². The summed E-state index contributed by atoms with van der Waals surface area (Å²) in [6.07, 6.45) is 4.59. The maximum absolute atomic E-state index is 11.8. The third-order valence-electron chi connectivity index (χ3n) is 1.98. The second kappa shape index (κ2) is 5.95. The molecular weight excluding hydrogens is 208 g/mol. The van der Waals surface area contributed by atoms with Crippen LogP contribution in [-0.4, -0.2) is 26.3 Å². The van der Waals surface area contributed by atoms with Gasteiger partial charge in [-0.3, -0.25) is 4.79 Å². The Kier molecular flexibility index (Phi) is 4.88. The second-order valence-electron chi connectivity index (χ2n) is 3.73. The fourth-order valence-corrected chi connectivity index (χ4v) is 1.90. The van der Waals surface area contributed by atoms with Crippen LogP contribution in [0.1, 0.15) is 37.8 Å². The number of hydrogen-bond acceptors (Lipinski definition) is 3. The molecule has 0 atom stereocenters. The fraction of sp³-hybridized carbons (Fsp3) is 0.636. The van der Waals surface area contributed by atoms with E-state index in [2.05, 4.69) is 25.8 Å². The van der Waals surface area contributed by atoms with E-state index in [4.69, 9.17) is 0 Å². The van der Waals surface area contributed by atoms with Gasteiger partial charge in [0.25, 0.3) is 0 Å². The molecule has 0 radical (unpaired) electrons. The van der Waals surface area contributed by atoms with Gasteiger partial charge in [-0.05, 0) is 11.7 Å². The predicted molar refractivity (Wildman–Crippen MR) is 64.4 cm³/mol. The first-order valence-electron chi connectivity index (χ1n) is 5.31. The number of hydrogen-bond donors (Lipinski definition) is 0. The third kappa shape index (κ3) is 3.70. The number of aryl methyl sites for hydroxylation is 1. The lowest BCUT2D eigenvalue weighted by atomic mass is 10.4. The van der Waals surface area contributed by atoms with Crippen molar-refractivity contribution in [2.45, 2.75) is 39.0 Å². The molecule has 3 nitrogen and oxygen atoms in total. The highest BCUT2D eigenvalue weighted by Gasteiger charge is 2.12. The van der Waals surface area contributed by atoms with Crippen molar-refractivity contribution in [1.82, 2.24) is 9.55 Å². The first-order chi connectivity index (χ1) is 7.15. The van der Waals surface area contributed by atoms with Crippen LogP contribution >= 0.6 is 11.8 Å². The number of carbonyl (C=O) groups excluding carboxylic acids is 1. The first kappa shape index (κ1) is 12.3. The smallest absolute Gasteiger partial charge is 0.208 e. The van der Waals surface area contributed by atoms with Crippen molar-refractivity contribution in [2.24, 2.45) is 0 Å². The maximum Gasteiger partial charge on any atom is 0.208 e. The molecular formula is C11H18N2OS. The van der Waals surface area contributed by atoms with Gasteiger partial charge in [0.15, 0.2) is 5.82 Å². The van der Waals surface area contributed by atoms with Crippen molar-refractivity contribution in [3.05, 3.63) is 18.2 Å². The summed E-state index contributed by atoms with van der Waals surface area (Å²) in [4.78, 5) is 15.9. The molecule has 84 valence electrons. The topological polar surface area (TPSA) is 34.9 Å². The van der Waals surface area contributed by atoms with Crippen molar-refractivity contribution >= 4 is 17.5 Å². The Bertz CT molecular complexity index is 320. The fourth-order valence-electron chi connectivity index (χ4n) is 1.29. The third-order valence-corrected chi connectivity index (χ3v) is 3.07. The van der Waals surface area contributed by atoms with Crippen LogP contribution in [0.5, 0.6) is 0 Å². The van der Waals surface area contributed by atoms with Crippen molar-refractivity contribution in [3.63, 3.8) is 0 Å². The van der Waals surface area contributed by atoms with E-state index in [1.807, 2.05) is 10.8 Å². The molecule has 0 saturated carbocycles. The highest BCUT2D eigenvalue weighted by molar-refractivity contribution is 8.00. The summed E-state index contributed by atoms with van der Waals surface area (Å²) in [5, 5.41) is 0.489. The lowest BCUT2D eigenvalue weighted by Gasteiger charge is -2.06. The molecule has 4 heteroatoms. The van der Waals surface area contributed by atoms with Crippen molar-refractivity contribution in [1.29, 1.82) is 0 Å². The van der Waals surface area contributed by atoms with E-state index in [-0.39, 0.29) is 5.78 Å². The highest BCUT2D eigenvalue weighted by Crippen LogP contribution is 2.11. The average Bonchev–Trinajstić information content (AvgIpc) is 2.63. The molecule has 0 fully saturated rings. The number of thioether (sulfide) groups is 1. The van der Waals surface area contributed by atoms with Gasteiger partial charge in [0.05, 0.1) is 5.75 Å². The van der Waals surface area contributed by atoms with E-state index >= 15 is 0 Å². The standard InChI is InChI=1S/C11H18N2OS/c1-4-6-13-7-5-12-11(13)10(14)8-15-9(2)3/h5,7,9H,4,6,8H2,1-3H3. The van der Waals surface area contributed by atoms with Crippen LogP contribution in [0.25, 0.3) is 0 Å². The van der Waals surface area contributed by atoms with Crippen molar-refractivity contribution < 1.29 is 4.79 Å². The van der Waals surface area contributed by atoms with Gasteiger partial charge < -0.3 is 4.57 Å². The zero-order valence-electron chi connectivity index (χ0n) is 9.56. The van der Waals surface area contributed by atoms with E-state index in [0.717, 1.165) is 13.0 Å². The van der Waals surface area contributed by atoms with Crippen LogP contribution in [0.2, 0.25) is 0 Å². The largest absolute Gasteiger partial charge is 0.329 e. The number of aromatic nitrogens is 2. The minimum Gasteiger partial charge on any atom is -0.329 e. The van der Waals surface area contributed by atoms with E-state index < -0.39 is 0 Å². The molecule has 1 aromatic heterocycles. The van der Waals surface area contributed by atoms with Crippen molar-refractivity contribution in [3.8, 4) is 0 Å². The molecule has 1 heterocycles. The Morgan fingerprint density at radius 2 is 2.33 bits per heavy atom. The van der Waals surface area contributed by atoms with E-state index in [1.54, 1.807) is 18.0 Å². The first-order valence-corrected chi connectivity index (χ1v) is 6.36. The average molecular weight is 226 g/mol. The Balaban J connectivity index is 2.60. The summed E-state index contributed by atoms with van der Waals surface area (Å²) in [5.74, 6) is 1.26.